The first-order valence-corrected chi connectivity index (χ1v) is 4.77. The maximum absolute atomic E-state index is 10.8. The second-order valence-corrected chi connectivity index (χ2v) is 3.39. The number of hydrogen-bond donors (Lipinski definition) is 2. The largest absolute Gasteiger partial charge is 0.368 e. The highest BCUT2D eigenvalue weighted by molar-refractivity contribution is 5.79. The van der Waals surface area contributed by atoms with Crippen molar-refractivity contribution in [1.82, 2.24) is 5.32 Å². The summed E-state index contributed by atoms with van der Waals surface area (Å²) in [4.78, 5) is 21.0. The molecular weight excluding hydrogens is 210 g/mol. The average Bonchev–Trinajstić information content (AvgIpc) is 2.25. The van der Waals surface area contributed by atoms with Gasteiger partial charge in [-0.3, -0.25) is 14.9 Å². The molecule has 0 radical (unpaired) electrons. The van der Waals surface area contributed by atoms with E-state index in [1.807, 2.05) is 0 Å². The predicted molar refractivity (Wildman–Crippen MR) is 58.6 cm³/mol. The van der Waals surface area contributed by atoms with Gasteiger partial charge in [-0.2, -0.15) is 0 Å². The number of nitrogens with one attached hydrogen (secondary N) is 1. The number of nitro benzene ring substituents is 1. The molecule has 3 N–H and O–H groups in total. The highest BCUT2D eigenvalue weighted by Crippen LogP contribution is 2.17. The van der Waals surface area contributed by atoms with Crippen LogP contribution in [0.25, 0.3) is 0 Å². The summed E-state index contributed by atoms with van der Waals surface area (Å²) in [6.45, 7) is 1.85. The number of primary amides is 1. The summed E-state index contributed by atoms with van der Waals surface area (Å²) in [5.74, 6) is -0.487. The van der Waals surface area contributed by atoms with Crippen molar-refractivity contribution in [2.75, 3.05) is 0 Å². The fourth-order valence-electron chi connectivity index (χ4n) is 1.20. The Kier molecular flexibility index (Phi) is 3.96. The number of para-hydroxylation sites is 1. The SMILES string of the molecule is CC(NCc1ccccc1[N+](=O)[O-])C(N)=O. The number of carbonyl (C=O) groups is 1. The van der Waals surface area contributed by atoms with Crippen molar-refractivity contribution in [2.24, 2.45) is 5.73 Å². The van der Waals surface area contributed by atoms with Crippen molar-refractivity contribution in [3.05, 3.63) is 39.9 Å². The van der Waals surface area contributed by atoms with E-state index < -0.39 is 16.9 Å². The first kappa shape index (κ1) is 12.1. The Morgan fingerprint density at radius 1 is 1.56 bits per heavy atom. The van der Waals surface area contributed by atoms with Crippen LogP contribution in [0, 0.1) is 10.1 Å². The fourth-order valence-corrected chi connectivity index (χ4v) is 1.20. The lowest BCUT2D eigenvalue weighted by Gasteiger charge is -2.09. The summed E-state index contributed by atoms with van der Waals surface area (Å²) in [6.07, 6.45) is 0. The molecule has 1 unspecified atom stereocenters. The summed E-state index contributed by atoms with van der Waals surface area (Å²) < 4.78 is 0. The molecule has 0 spiro atoms. The smallest absolute Gasteiger partial charge is 0.273 e. The number of benzene rings is 1. The second kappa shape index (κ2) is 5.22. The lowest BCUT2D eigenvalue weighted by molar-refractivity contribution is -0.385. The van der Waals surface area contributed by atoms with Gasteiger partial charge in [0, 0.05) is 18.2 Å². The van der Waals surface area contributed by atoms with Gasteiger partial charge in [-0.25, -0.2) is 0 Å². The Morgan fingerprint density at radius 3 is 2.75 bits per heavy atom. The number of nitrogens with two attached hydrogens (primary N) is 1. The van der Waals surface area contributed by atoms with Crippen molar-refractivity contribution >= 4 is 11.6 Å². The Hall–Kier alpha value is -1.95. The van der Waals surface area contributed by atoms with Crippen molar-refractivity contribution in [3.8, 4) is 0 Å². The highest BCUT2D eigenvalue weighted by atomic mass is 16.6. The van der Waals surface area contributed by atoms with Crippen molar-refractivity contribution in [1.29, 1.82) is 0 Å². The normalized spacial score (nSPS) is 12.1. The van der Waals surface area contributed by atoms with E-state index in [4.69, 9.17) is 5.73 Å². The van der Waals surface area contributed by atoms with Crippen LogP contribution in [0.2, 0.25) is 0 Å². The topological polar surface area (TPSA) is 98.3 Å². The number of nitro groups is 1. The van der Waals surface area contributed by atoms with E-state index in [9.17, 15) is 14.9 Å². The quantitative estimate of drug-likeness (QED) is 0.562. The first-order valence-electron chi connectivity index (χ1n) is 4.77. The molecule has 1 atom stereocenters. The van der Waals surface area contributed by atoms with E-state index in [1.165, 1.54) is 6.07 Å². The minimum Gasteiger partial charge on any atom is -0.368 e. The summed E-state index contributed by atoms with van der Waals surface area (Å²) in [7, 11) is 0. The number of hydrogen-bond acceptors (Lipinski definition) is 4. The zero-order valence-corrected chi connectivity index (χ0v) is 8.84. The maximum atomic E-state index is 10.8. The predicted octanol–water partition coefficient (Wildman–Crippen LogP) is 0.558. The van der Waals surface area contributed by atoms with Crippen molar-refractivity contribution in [3.63, 3.8) is 0 Å². The fraction of sp³-hybridized carbons (Fsp3) is 0.300. The van der Waals surface area contributed by atoms with Crippen LogP contribution < -0.4 is 11.1 Å². The van der Waals surface area contributed by atoms with Gasteiger partial charge in [-0.15, -0.1) is 0 Å². The van der Waals surface area contributed by atoms with Crippen LogP contribution in [0.1, 0.15) is 12.5 Å². The third-order valence-electron chi connectivity index (χ3n) is 2.21. The molecule has 0 aliphatic carbocycles. The van der Waals surface area contributed by atoms with Crippen LogP contribution in [0.5, 0.6) is 0 Å². The number of rotatable bonds is 5. The van der Waals surface area contributed by atoms with Crippen molar-refractivity contribution < 1.29 is 9.72 Å². The number of nitrogens with zero attached hydrogens (tertiary/aromatic N) is 1. The maximum Gasteiger partial charge on any atom is 0.273 e. The summed E-state index contributed by atoms with van der Waals surface area (Å²) in [5, 5.41) is 13.5. The Bertz CT molecular complexity index is 406. The lowest BCUT2D eigenvalue weighted by Crippen LogP contribution is -2.38. The molecule has 1 amide bonds. The molecule has 0 aliphatic heterocycles. The van der Waals surface area contributed by atoms with Gasteiger partial charge in [-0.05, 0) is 6.92 Å². The zero-order valence-electron chi connectivity index (χ0n) is 8.84. The van der Waals surface area contributed by atoms with Crippen LogP contribution in [0.15, 0.2) is 24.3 Å². The van der Waals surface area contributed by atoms with Gasteiger partial charge in [0.15, 0.2) is 0 Å². The molecule has 0 bridgehead atoms. The van der Waals surface area contributed by atoms with Crippen LogP contribution in [0.3, 0.4) is 0 Å². The zero-order chi connectivity index (χ0) is 12.1. The van der Waals surface area contributed by atoms with Crippen LogP contribution in [-0.4, -0.2) is 16.9 Å². The number of amides is 1. The molecular formula is C10H13N3O3. The molecule has 0 aromatic heterocycles. The minimum atomic E-state index is -0.514. The van der Waals surface area contributed by atoms with E-state index in [0.717, 1.165) is 0 Å². The third-order valence-corrected chi connectivity index (χ3v) is 2.21. The summed E-state index contributed by atoms with van der Waals surface area (Å²) in [6, 6.07) is 5.85. The van der Waals surface area contributed by atoms with Gasteiger partial charge in [0.2, 0.25) is 5.91 Å². The van der Waals surface area contributed by atoms with E-state index in [0.29, 0.717) is 5.56 Å². The van der Waals surface area contributed by atoms with Gasteiger partial charge < -0.3 is 11.1 Å². The van der Waals surface area contributed by atoms with Gasteiger partial charge in [0.25, 0.3) is 5.69 Å². The second-order valence-electron chi connectivity index (χ2n) is 3.39. The monoisotopic (exact) mass is 223 g/mol. The van der Waals surface area contributed by atoms with E-state index in [2.05, 4.69) is 5.32 Å². The summed E-state index contributed by atoms with van der Waals surface area (Å²) >= 11 is 0. The van der Waals surface area contributed by atoms with Gasteiger partial charge in [0.1, 0.15) is 0 Å². The molecule has 0 saturated carbocycles. The third kappa shape index (κ3) is 3.03. The van der Waals surface area contributed by atoms with Gasteiger partial charge in [-0.1, -0.05) is 18.2 Å². The highest BCUT2D eigenvalue weighted by Gasteiger charge is 2.14. The molecule has 0 heterocycles. The molecule has 0 fully saturated rings. The molecule has 16 heavy (non-hydrogen) atoms. The first-order chi connectivity index (χ1) is 7.52. The molecule has 0 aliphatic rings. The molecule has 1 aromatic rings. The Labute approximate surface area is 92.6 Å². The Morgan fingerprint density at radius 2 is 2.19 bits per heavy atom. The van der Waals surface area contributed by atoms with Gasteiger partial charge in [0.05, 0.1) is 11.0 Å². The standard InChI is InChI=1S/C10H13N3O3/c1-7(10(11)14)12-6-8-4-2-3-5-9(8)13(15)16/h2-5,7,12H,6H2,1H3,(H2,11,14). The van der Waals surface area contributed by atoms with Crippen LogP contribution in [0.4, 0.5) is 5.69 Å². The van der Waals surface area contributed by atoms with E-state index in [-0.39, 0.29) is 12.2 Å². The van der Waals surface area contributed by atoms with Crippen molar-refractivity contribution in [2.45, 2.75) is 19.5 Å². The van der Waals surface area contributed by atoms with Crippen LogP contribution >= 0.6 is 0 Å². The van der Waals surface area contributed by atoms with Gasteiger partial charge >= 0.3 is 0 Å². The minimum absolute atomic E-state index is 0.0340. The molecule has 6 heteroatoms. The average molecular weight is 223 g/mol. The lowest BCUT2D eigenvalue weighted by atomic mass is 10.1. The Balaban J connectivity index is 2.74. The number of carbonyl (C=O) groups excluding carboxylic acids is 1. The molecule has 0 saturated heterocycles. The van der Waals surface area contributed by atoms with E-state index in [1.54, 1.807) is 25.1 Å². The summed E-state index contributed by atoms with van der Waals surface area (Å²) in [5.41, 5.74) is 5.62. The molecule has 86 valence electrons. The molecule has 6 nitrogen and oxygen atoms in total. The van der Waals surface area contributed by atoms with Crippen LogP contribution in [-0.2, 0) is 11.3 Å². The van der Waals surface area contributed by atoms with E-state index >= 15 is 0 Å². The molecule has 1 rings (SSSR count). The molecule has 1 aromatic carbocycles.